The molecule has 0 aromatic rings. The summed E-state index contributed by atoms with van der Waals surface area (Å²) in [5.74, 6) is -46.7. The van der Waals surface area contributed by atoms with Gasteiger partial charge in [0.1, 0.15) is 0 Å². The Morgan fingerprint density at radius 1 is 0.676 bits per heavy atom. The topological polar surface area (TPSA) is 66.4 Å². The fourth-order valence-electron chi connectivity index (χ4n) is 2.21. The summed E-state index contributed by atoms with van der Waals surface area (Å²) in [5, 5.41) is -4.56. The first-order chi connectivity index (χ1) is 16.2. The summed E-state index contributed by atoms with van der Waals surface area (Å²) in [4.78, 5) is 0. The summed E-state index contributed by atoms with van der Waals surface area (Å²) in [6.07, 6.45) is -0.0462. The maximum atomic E-state index is 13.4. The number of nitrogens with one attached hydrogen (secondary N) is 1. The van der Waals surface area contributed by atoms with Crippen LogP contribution in [0, 0.1) is 0 Å². The number of hydrogen-bond donors (Lipinski definition) is 2. The van der Waals surface area contributed by atoms with E-state index in [2.05, 4.69) is 18.5 Å². The molecule has 37 heavy (non-hydrogen) atoms. The van der Waals surface area contributed by atoms with Crippen molar-refractivity contribution in [3.05, 3.63) is 25.3 Å². The SMILES string of the molecule is C=CCNCC=C.CCCCCC(F)(F)C(F)(F)C(F)(F)C(F)(F)C(F)(F)C(F)(F)C(F)(F)S(=O)(=O)O. The van der Waals surface area contributed by atoms with E-state index in [9.17, 15) is 69.9 Å². The minimum absolute atomic E-state index is 0.00319. The van der Waals surface area contributed by atoms with Gasteiger partial charge in [-0.15, -0.1) is 13.2 Å². The molecular formula is C18H23F14NO3S. The summed E-state index contributed by atoms with van der Waals surface area (Å²) in [6, 6.07) is 0. The van der Waals surface area contributed by atoms with Crippen LogP contribution in [0.4, 0.5) is 61.5 Å². The zero-order valence-electron chi connectivity index (χ0n) is 18.8. The molecule has 0 rings (SSSR count). The van der Waals surface area contributed by atoms with Gasteiger partial charge in [-0.3, -0.25) is 4.55 Å². The number of rotatable bonds is 15. The number of alkyl halides is 14. The highest BCUT2D eigenvalue weighted by molar-refractivity contribution is 7.87. The zero-order valence-corrected chi connectivity index (χ0v) is 19.6. The van der Waals surface area contributed by atoms with Gasteiger partial charge in [0.05, 0.1) is 0 Å². The van der Waals surface area contributed by atoms with Gasteiger partial charge in [-0.25, -0.2) is 0 Å². The van der Waals surface area contributed by atoms with Crippen LogP contribution in [0.2, 0.25) is 0 Å². The molecule has 0 amide bonds. The van der Waals surface area contributed by atoms with Crippen molar-refractivity contribution in [2.45, 2.75) is 73.4 Å². The van der Waals surface area contributed by atoms with E-state index in [1.54, 1.807) is 0 Å². The molecule has 4 nitrogen and oxygen atoms in total. The molecule has 0 aromatic carbocycles. The number of halogens is 14. The first-order valence-electron chi connectivity index (χ1n) is 9.77. The molecule has 0 radical (unpaired) electrons. The van der Waals surface area contributed by atoms with Crippen LogP contribution in [0.15, 0.2) is 25.3 Å². The minimum atomic E-state index is -8.38. The molecule has 0 aliphatic rings. The molecule has 0 atom stereocenters. The number of unbranched alkanes of at least 4 members (excludes halogenated alkanes) is 2. The minimum Gasteiger partial charge on any atom is -0.310 e. The van der Waals surface area contributed by atoms with Crippen molar-refractivity contribution in [3.63, 3.8) is 0 Å². The van der Waals surface area contributed by atoms with Gasteiger partial charge < -0.3 is 5.32 Å². The van der Waals surface area contributed by atoms with Crippen molar-refractivity contribution in [2.75, 3.05) is 13.1 Å². The van der Waals surface area contributed by atoms with Crippen LogP contribution in [0.25, 0.3) is 0 Å². The third-order valence-corrected chi connectivity index (χ3v) is 5.30. The van der Waals surface area contributed by atoms with Gasteiger partial charge in [0.15, 0.2) is 0 Å². The molecule has 0 saturated heterocycles. The van der Waals surface area contributed by atoms with Gasteiger partial charge in [-0.2, -0.15) is 69.9 Å². The highest BCUT2D eigenvalue weighted by atomic mass is 32.2. The van der Waals surface area contributed by atoms with E-state index in [1.165, 1.54) is 6.92 Å². The van der Waals surface area contributed by atoms with Crippen LogP contribution in [-0.2, 0) is 10.1 Å². The summed E-state index contributed by atoms with van der Waals surface area (Å²) < 4.78 is 214. The molecule has 0 heterocycles. The molecule has 19 heteroatoms. The highest BCUT2D eigenvalue weighted by Crippen LogP contribution is 2.63. The molecule has 0 fully saturated rings. The normalized spacial score (nSPS) is 14.6. The Bertz CT molecular complexity index is 852. The van der Waals surface area contributed by atoms with Gasteiger partial charge in [0.2, 0.25) is 0 Å². The Kier molecular flexibility index (Phi) is 12.7. The molecule has 0 saturated carbocycles. The van der Waals surface area contributed by atoms with Crippen LogP contribution in [-0.4, -0.2) is 66.8 Å². The molecular weight excluding hydrogens is 576 g/mol. The standard InChI is InChI=1S/C12H12F14O3S.C6H11N/c1-2-3-4-5-6(13,14)7(15,16)8(17,18)9(19,20)10(21,22)11(23,24)12(25,26)30(27,28)29;1-3-5-7-6-4-2/h2-5H2,1H3,(H,27,28,29);3-4,7H,1-2,5-6H2. The summed E-state index contributed by atoms with van der Waals surface area (Å²) in [7, 11) is -7.71. The molecule has 0 unspecified atom stereocenters. The third kappa shape index (κ3) is 7.07. The molecule has 0 aromatic heterocycles. The van der Waals surface area contributed by atoms with Crippen LogP contribution < -0.4 is 5.32 Å². The average Bonchev–Trinajstić information content (AvgIpc) is 2.73. The summed E-state index contributed by atoms with van der Waals surface area (Å²) in [6.45, 7) is 10.1. The Morgan fingerprint density at radius 2 is 1.03 bits per heavy atom. The van der Waals surface area contributed by atoms with E-state index >= 15 is 0 Å². The number of hydrogen-bond acceptors (Lipinski definition) is 3. The van der Waals surface area contributed by atoms with E-state index in [-0.39, 0.29) is 12.8 Å². The Balaban J connectivity index is 0. The fourth-order valence-corrected chi connectivity index (χ4v) is 2.66. The van der Waals surface area contributed by atoms with Crippen molar-refractivity contribution in [3.8, 4) is 0 Å². The second kappa shape index (κ2) is 12.5. The summed E-state index contributed by atoms with van der Waals surface area (Å²) in [5.41, 5.74) is 0. The van der Waals surface area contributed by atoms with Crippen molar-refractivity contribution in [2.24, 2.45) is 0 Å². The lowest BCUT2D eigenvalue weighted by Crippen LogP contribution is -2.73. The van der Waals surface area contributed by atoms with Crippen LogP contribution >= 0.6 is 0 Å². The van der Waals surface area contributed by atoms with Crippen LogP contribution in [0.1, 0.15) is 32.6 Å². The molecule has 222 valence electrons. The molecule has 0 spiro atoms. The largest absolute Gasteiger partial charge is 0.438 e. The van der Waals surface area contributed by atoms with Crippen molar-refractivity contribution < 1.29 is 74.4 Å². The maximum absolute atomic E-state index is 13.4. The molecule has 0 aliphatic heterocycles. The lowest BCUT2D eigenvalue weighted by Gasteiger charge is -2.42. The van der Waals surface area contributed by atoms with Gasteiger partial charge in [0, 0.05) is 19.5 Å². The Morgan fingerprint density at radius 3 is 1.35 bits per heavy atom. The average molecular weight is 599 g/mol. The van der Waals surface area contributed by atoms with Crippen LogP contribution in [0.5, 0.6) is 0 Å². The van der Waals surface area contributed by atoms with E-state index in [4.69, 9.17) is 4.55 Å². The third-order valence-electron chi connectivity index (χ3n) is 4.40. The second-order valence-corrected chi connectivity index (χ2v) is 8.72. The van der Waals surface area contributed by atoms with Crippen LogP contribution in [0.3, 0.4) is 0 Å². The molecule has 0 bridgehead atoms. The van der Waals surface area contributed by atoms with E-state index < -0.39 is 63.7 Å². The smallest absolute Gasteiger partial charge is 0.310 e. The van der Waals surface area contributed by atoms with Crippen molar-refractivity contribution in [1.29, 1.82) is 0 Å². The molecule has 2 N–H and O–H groups in total. The quantitative estimate of drug-likeness (QED) is 0.0940. The van der Waals surface area contributed by atoms with Crippen molar-refractivity contribution >= 4 is 10.1 Å². The Labute approximate surface area is 202 Å². The lowest BCUT2D eigenvalue weighted by atomic mass is 9.89. The fraction of sp³-hybridized carbons (Fsp3) is 0.778. The molecule has 0 aliphatic carbocycles. The van der Waals surface area contributed by atoms with Gasteiger partial charge in [0.25, 0.3) is 0 Å². The first-order valence-corrected chi connectivity index (χ1v) is 11.2. The Hall–Kier alpha value is -1.63. The van der Waals surface area contributed by atoms with Gasteiger partial charge in [-0.05, 0) is 6.42 Å². The second-order valence-electron chi connectivity index (χ2n) is 7.26. The monoisotopic (exact) mass is 599 g/mol. The van der Waals surface area contributed by atoms with Gasteiger partial charge >= 0.3 is 50.9 Å². The van der Waals surface area contributed by atoms with E-state index in [0.717, 1.165) is 13.1 Å². The van der Waals surface area contributed by atoms with Gasteiger partial charge in [-0.1, -0.05) is 31.9 Å². The van der Waals surface area contributed by atoms with E-state index in [1.807, 2.05) is 12.2 Å². The maximum Gasteiger partial charge on any atom is 0.438 e. The summed E-state index contributed by atoms with van der Waals surface area (Å²) >= 11 is 0. The van der Waals surface area contributed by atoms with E-state index in [0.29, 0.717) is 0 Å². The predicted molar refractivity (Wildman–Crippen MR) is 104 cm³/mol. The highest BCUT2D eigenvalue weighted by Gasteiger charge is 2.94. The predicted octanol–water partition coefficient (Wildman–Crippen LogP) is 6.81. The van der Waals surface area contributed by atoms with Crippen molar-refractivity contribution in [1.82, 2.24) is 5.32 Å². The first kappa shape index (κ1) is 37.5. The zero-order chi connectivity index (χ0) is 30.4. The lowest BCUT2D eigenvalue weighted by molar-refractivity contribution is -0.436.